The van der Waals surface area contributed by atoms with Crippen LogP contribution in [0.2, 0.25) is 0 Å². The summed E-state index contributed by atoms with van der Waals surface area (Å²) in [4.78, 5) is 6.89. The molecule has 1 unspecified atom stereocenters. The average molecular weight is 304 g/mol. The molecule has 112 valence electrons. The molecule has 1 aromatic heterocycles. The second-order valence-corrected chi connectivity index (χ2v) is 6.82. The van der Waals surface area contributed by atoms with Crippen LogP contribution >= 0.6 is 11.3 Å². The van der Waals surface area contributed by atoms with Gasteiger partial charge in [0.05, 0.1) is 6.54 Å². The van der Waals surface area contributed by atoms with Crippen molar-refractivity contribution in [2.45, 2.75) is 32.2 Å². The van der Waals surface area contributed by atoms with Crippen LogP contribution in [-0.2, 0) is 13.0 Å². The second-order valence-electron chi connectivity index (χ2n) is 5.84. The fraction of sp³-hybridized carbons (Fsp3) is 0.471. The van der Waals surface area contributed by atoms with Gasteiger partial charge in [0, 0.05) is 18.1 Å². The second kappa shape index (κ2) is 7.14. The summed E-state index contributed by atoms with van der Waals surface area (Å²) in [5, 5.41) is 3.25. The normalized spacial score (nSPS) is 19.8. The number of thiazole rings is 1. The van der Waals surface area contributed by atoms with Crippen molar-refractivity contribution in [1.29, 1.82) is 0 Å². The zero-order chi connectivity index (χ0) is 14.5. The van der Waals surface area contributed by atoms with Gasteiger partial charge in [0.1, 0.15) is 10.8 Å². The number of likely N-dealkylation sites (tertiary alicyclic amines) is 1. The van der Waals surface area contributed by atoms with Gasteiger partial charge in [-0.3, -0.25) is 4.90 Å². The highest BCUT2D eigenvalue weighted by atomic mass is 32.1. The molecule has 0 aliphatic carbocycles. The zero-order valence-corrected chi connectivity index (χ0v) is 13.0. The highest BCUT2D eigenvalue weighted by Crippen LogP contribution is 2.23. The van der Waals surface area contributed by atoms with E-state index in [2.05, 4.69) is 9.88 Å². The van der Waals surface area contributed by atoms with Gasteiger partial charge in [0.15, 0.2) is 0 Å². The summed E-state index contributed by atoms with van der Waals surface area (Å²) in [5.41, 5.74) is 1.12. The smallest absolute Gasteiger partial charge is 0.123 e. The SMILES string of the molecule is Fc1cccc(CCC2CCCN(Cc3nccs3)C2)c1. The lowest BCUT2D eigenvalue weighted by atomic mass is 9.91. The molecule has 1 fully saturated rings. The molecule has 0 N–H and O–H groups in total. The fourth-order valence-electron chi connectivity index (χ4n) is 3.12. The molecule has 4 heteroatoms. The summed E-state index contributed by atoms with van der Waals surface area (Å²) >= 11 is 1.74. The topological polar surface area (TPSA) is 16.1 Å². The van der Waals surface area contributed by atoms with Crippen molar-refractivity contribution in [1.82, 2.24) is 9.88 Å². The van der Waals surface area contributed by atoms with E-state index in [1.165, 1.54) is 30.5 Å². The van der Waals surface area contributed by atoms with E-state index in [0.29, 0.717) is 0 Å². The lowest BCUT2D eigenvalue weighted by molar-refractivity contribution is 0.161. The van der Waals surface area contributed by atoms with E-state index in [4.69, 9.17) is 0 Å². The van der Waals surface area contributed by atoms with Crippen molar-refractivity contribution < 1.29 is 4.39 Å². The summed E-state index contributed by atoms with van der Waals surface area (Å²) in [5.74, 6) is 0.600. The molecule has 1 atom stereocenters. The van der Waals surface area contributed by atoms with Crippen molar-refractivity contribution in [3.05, 3.63) is 52.2 Å². The molecule has 2 aromatic rings. The van der Waals surface area contributed by atoms with Gasteiger partial charge in [0.2, 0.25) is 0 Å². The minimum absolute atomic E-state index is 0.124. The lowest BCUT2D eigenvalue weighted by Gasteiger charge is -2.32. The van der Waals surface area contributed by atoms with Crippen LogP contribution < -0.4 is 0 Å². The number of halogens is 1. The maximum Gasteiger partial charge on any atom is 0.123 e. The zero-order valence-electron chi connectivity index (χ0n) is 12.2. The molecule has 1 saturated heterocycles. The number of nitrogens with zero attached hydrogens (tertiary/aromatic N) is 2. The van der Waals surface area contributed by atoms with Gasteiger partial charge < -0.3 is 0 Å². The Balaban J connectivity index is 1.49. The third-order valence-corrected chi connectivity index (χ3v) is 4.94. The largest absolute Gasteiger partial charge is 0.296 e. The van der Waals surface area contributed by atoms with Crippen LogP contribution in [0.5, 0.6) is 0 Å². The Bertz CT molecular complexity index is 556. The van der Waals surface area contributed by atoms with Crippen LogP contribution in [-0.4, -0.2) is 23.0 Å². The Hall–Kier alpha value is -1.26. The van der Waals surface area contributed by atoms with E-state index in [0.717, 1.165) is 37.4 Å². The molecule has 0 saturated carbocycles. The van der Waals surface area contributed by atoms with E-state index in [-0.39, 0.29) is 5.82 Å². The minimum atomic E-state index is -0.124. The van der Waals surface area contributed by atoms with Crippen LogP contribution in [0, 0.1) is 11.7 Å². The summed E-state index contributed by atoms with van der Waals surface area (Å²) in [6.45, 7) is 3.30. The van der Waals surface area contributed by atoms with Gasteiger partial charge in [-0.25, -0.2) is 9.37 Å². The van der Waals surface area contributed by atoms with E-state index >= 15 is 0 Å². The fourth-order valence-corrected chi connectivity index (χ4v) is 3.77. The number of piperidine rings is 1. The van der Waals surface area contributed by atoms with E-state index < -0.39 is 0 Å². The molecule has 2 nitrogen and oxygen atoms in total. The third kappa shape index (κ3) is 4.35. The number of hydrogen-bond acceptors (Lipinski definition) is 3. The Kier molecular flexibility index (Phi) is 4.99. The number of benzene rings is 1. The first-order chi connectivity index (χ1) is 10.3. The predicted octanol–water partition coefficient (Wildman–Crippen LogP) is 4.13. The molecule has 0 spiro atoms. The highest BCUT2D eigenvalue weighted by Gasteiger charge is 2.20. The quantitative estimate of drug-likeness (QED) is 0.826. The molecular formula is C17H21FN2S. The molecule has 0 radical (unpaired) electrons. The average Bonchev–Trinajstić information content (AvgIpc) is 2.99. The summed E-state index contributed by atoms with van der Waals surface area (Å²) in [7, 11) is 0. The van der Waals surface area contributed by atoms with Gasteiger partial charge in [-0.05, 0) is 55.8 Å². The highest BCUT2D eigenvalue weighted by molar-refractivity contribution is 7.09. The first kappa shape index (κ1) is 14.7. The van der Waals surface area contributed by atoms with Crippen LogP contribution in [0.15, 0.2) is 35.8 Å². The Morgan fingerprint density at radius 3 is 3.14 bits per heavy atom. The monoisotopic (exact) mass is 304 g/mol. The van der Waals surface area contributed by atoms with Gasteiger partial charge in [-0.1, -0.05) is 12.1 Å². The summed E-state index contributed by atoms with van der Waals surface area (Å²) < 4.78 is 13.2. The lowest BCUT2D eigenvalue weighted by Crippen LogP contribution is -2.35. The molecule has 21 heavy (non-hydrogen) atoms. The van der Waals surface area contributed by atoms with E-state index in [9.17, 15) is 4.39 Å². The molecular weight excluding hydrogens is 283 g/mol. The van der Waals surface area contributed by atoms with Crippen molar-refractivity contribution >= 4 is 11.3 Å². The van der Waals surface area contributed by atoms with Gasteiger partial charge in [-0.2, -0.15) is 0 Å². The Labute approximate surface area is 129 Å². The van der Waals surface area contributed by atoms with Crippen LogP contribution in [0.25, 0.3) is 0 Å². The van der Waals surface area contributed by atoms with Crippen LogP contribution in [0.1, 0.15) is 29.8 Å². The van der Waals surface area contributed by atoms with Crippen molar-refractivity contribution in [3.8, 4) is 0 Å². The number of aryl methyl sites for hydroxylation is 1. The number of rotatable bonds is 5. The predicted molar refractivity (Wildman–Crippen MR) is 84.8 cm³/mol. The molecule has 0 amide bonds. The molecule has 3 rings (SSSR count). The Morgan fingerprint density at radius 1 is 1.38 bits per heavy atom. The van der Waals surface area contributed by atoms with Gasteiger partial charge >= 0.3 is 0 Å². The molecule has 0 bridgehead atoms. The maximum absolute atomic E-state index is 13.2. The van der Waals surface area contributed by atoms with Gasteiger partial charge in [-0.15, -0.1) is 11.3 Å². The standard InChI is InChI=1S/C17H21FN2S/c18-16-5-1-3-14(11-16)6-7-15-4-2-9-20(12-15)13-17-19-8-10-21-17/h1,3,5,8,10-11,15H,2,4,6-7,9,12-13H2. The first-order valence-corrected chi connectivity index (χ1v) is 8.53. The third-order valence-electron chi connectivity index (χ3n) is 4.18. The number of hydrogen-bond donors (Lipinski definition) is 0. The molecule has 1 aromatic carbocycles. The number of aromatic nitrogens is 1. The van der Waals surface area contributed by atoms with Crippen molar-refractivity contribution in [3.63, 3.8) is 0 Å². The first-order valence-electron chi connectivity index (χ1n) is 7.65. The van der Waals surface area contributed by atoms with E-state index in [1.54, 1.807) is 23.5 Å². The maximum atomic E-state index is 13.2. The Morgan fingerprint density at radius 2 is 2.33 bits per heavy atom. The minimum Gasteiger partial charge on any atom is -0.296 e. The molecule has 2 heterocycles. The van der Waals surface area contributed by atoms with Crippen molar-refractivity contribution in [2.75, 3.05) is 13.1 Å². The van der Waals surface area contributed by atoms with Crippen LogP contribution in [0.3, 0.4) is 0 Å². The summed E-state index contributed by atoms with van der Waals surface area (Å²) in [6.07, 6.45) is 6.57. The van der Waals surface area contributed by atoms with Crippen LogP contribution in [0.4, 0.5) is 4.39 Å². The summed E-state index contributed by atoms with van der Waals surface area (Å²) in [6, 6.07) is 7.01. The molecule has 1 aliphatic heterocycles. The van der Waals surface area contributed by atoms with Gasteiger partial charge in [0.25, 0.3) is 0 Å². The molecule has 1 aliphatic rings. The van der Waals surface area contributed by atoms with E-state index in [1.807, 2.05) is 17.6 Å². The van der Waals surface area contributed by atoms with Crippen molar-refractivity contribution in [2.24, 2.45) is 5.92 Å².